The molecule has 1 aliphatic rings. The van der Waals surface area contributed by atoms with Crippen molar-refractivity contribution >= 4 is 33.3 Å². The second-order valence-electron chi connectivity index (χ2n) is 6.31. The van der Waals surface area contributed by atoms with Gasteiger partial charge in [0, 0.05) is 31.9 Å². The van der Waals surface area contributed by atoms with Gasteiger partial charge in [0.05, 0.1) is 16.1 Å². The number of nitrogens with one attached hydrogen (secondary N) is 1. The van der Waals surface area contributed by atoms with E-state index in [4.69, 9.17) is 0 Å². The van der Waals surface area contributed by atoms with Crippen LogP contribution in [0.1, 0.15) is 23.7 Å². The summed E-state index contributed by atoms with van der Waals surface area (Å²) in [5, 5.41) is 12.3. The van der Waals surface area contributed by atoms with Crippen molar-refractivity contribution in [3.8, 4) is 5.75 Å². The van der Waals surface area contributed by atoms with Crippen LogP contribution in [0.2, 0.25) is 0 Å². The molecule has 1 amide bonds. The summed E-state index contributed by atoms with van der Waals surface area (Å²) < 4.78 is 30.7. The Kier molecular flexibility index (Phi) is 5.61. The summed E-state index contributed by atoms with van der Waals surface area (Å²) in [6.07, 6.45) is -1.51. The Bertz CT molecular complexity index is 828. The number of halogens is 3. The second-order valence-corrected chi connectivity index (χ2v) is 7.16. The van der Waals surface area contributed by atoms with Gasteiger partial charge in [-0.05, 0) is 52.7 Å². The van der Waals surface area contributed by atoms with Crippen molar-refractivity contribution < 1.29 is 23.4 Å². The zero-order chi connectivity index (χ0) is 19.6. The molecule has 1 unspecified atom stereocenters. The zero-order valence-corrected chi connectivity index (χ0v) is 16.0. The molecular formula is C18H18BrF2N3O3. The quantitative estimate of drug-likeness (QED) is 0.740. The predicted molar refractivity (Wildman–Crippen MR) is 100 cm³/mol. The highest BCUT2D eigenvalue weighted by Crippen LogP contribution is 2.28. The summed E-state index contributed by atoms with van der Waals surface area (Å²) >= 11 is 3.41. The van der Waals surface area contributed by atoms with Gasteiger partial charge in [-0.15, -0.1) is 0 Å². The number of β-amino-alcohol motifs (C(OH)–C–C–N with tert-alkyl or cyclic N) is 1. The molecule has 0 bridgehead atoms. The second kappa shape index (κ2) is 7.77. The summed E-state index contributed by atoms with van der Waals surface area (Å²) in [5.74, 6) is 0.290. The monoisotopic (exact) mass is 441 g/mol. The normalized spacial score (nSPS) is 17.1. The van der Waals surface area contributed by atoms with Gasteiger partial charge in [0.2, 0.25) is 0 Å². The molecule has 2 N–H and O–H groups in total. The maximum atomic E-state index is 12.8. The first-order valence-corrected chi connectivity index (χ1v) is 9.07. The van der Waals surface area contributed by atoms with Crippen LogP contribution in [0, 0.1) is 0 Å². The van der Waals surface area contributed by atoms with Crippen molar-refractivity contribution in [1.82, 2.24) is 4.98 Å². The largest absolute Gasteiger partial charge is 0.433 e. The Labute approximate surface area is 163 Å². The number of hydrogen-bond acceptors (Lipinski definition) is 5. The number of rotatable bonds is 5. The molecule has 2 heterocycles. The van der Waals surface area contributed by atoms with Gasteiger partial charge in [-0.3, -0.25) is 4.79 Å². The first-order valence-electron chi connectivity index (χ1n) is 8.28. The number of pyridine rings is 1. The molecule has 3 rings (SSSR count). The van der Waals surface area contributed by atoms with Crippen LogP contribution in [0.3, 0.4) is 0 Å². The lowest BCUT2D eigenvalue weighted by Crippen LogP contribution is -2.23. The topological polar surface area (TPSA) is 74.7 Å². The number of hydrogen-bond donors (Lipinski definition) is 2. The minimum Gasteiger partial charge on any atom is -0.433 e. The maximum absolute atomic E-state index is 12.8. The fraction of sp³-hybridized carbons (Fsp3) is 0.333. The maximum Gasteiger partial charge on any atom is 0.394 e. The number of carbonyl (C=O) groups is 1. The van der Waals surface area contributed by atoms with Crippen molar-refractivity contribution in [2.45, 2.75) is 25.6 Å². The highest BCUT2D eigenvalue weighted by atomic mass is 79.9. The fourth-order valence-corrected chi connectivity index (χ4v) is 3.34. The molecule has 1 aromatic heterocycles. The number of alkyl halides is 2. The molecule has 9 heteroatoms. The average Bonchev–Trinajstić information content (AvgIpc) is 3.01. The van der Waals surface area contributed by atoms with E-state index in [9.17, 15) is 18.7 Å². The summed E-state index contributed by atoms with van der Waals surface area (Å²) in [4.78, 5) is 18.6. The van der Waals surface area contributed by atoms with Gasteiger partial charge in [-0.1, -0.05) is 0 Å². The van der Waals surface area contributed by atoms with Gasteiger partial charge >= 0.3 is 6.11 Å². The van der Waals surface area contributed by atoms with Gasteiger partial charge < -0.3 is 20.1 Å². The molecule has 1 atom stereocenters. The van der Waals surface area contributed by atoms with Gasteiger partial charge in [0.1, 0.15) is 11.6 Å². The molecule has 144 valence electrons. The molecular weight excluding hydrogens is 424 g/mol. The Morgan fingerprint density at radius 2 is 2.11 bits per heavy atom. The molecule has 1 fully saturated rings. The van der Waals surface area contributed by atoms with E-state index in [0.717, 1.165) is 0 Å². The summed E-state index contributed by atoms with van der Waals surface area (Å²) in [6, 6.07) is 7.30. The molecule has 0 radical (unpaired) electrons. The van der Waals surface area contributed by atoms with Crippen molar-refractivity contribution in [1.29, 1.82) is 0 Å². The molecule has 0 aliphatic carbocycles. The van der Waals surface area contributed by atoms with Crippen LogP contribution in [0.25, 0.3) is 0 Å². The lowest BCUT2D eigenvalue weighted by Gasteiger charge is -2.18. The average molecular weight is 442 g/mol. The first-order chi connectivity index (χ1) is 12.7. The Hall–Kier alpha value is -2.26. The Morgan fingerprint density at radius 3 is 2.67 bits per heavy atom. The summed E-state index contributed by atoms with van der Waals surface area (Å²) in [7, 11) is 0. The van der Waals surface area contributed by atoms with Crippen LogP contribution < -0.4 is 15.0 Å². The smallest absolute Gasteiger partial charge is 0.394 e. The van der Waals surface area contributed by atoms with Crippen LogP contribution in [-0.4, -0.2) is 41.3 Å². The number of carbonyl (C=O) groups excluding carboxylic acids is 1. The third-order valence-corrected chi connectivity index (χ3v) is 4.54. The third-order valence-electron chi connectivity index (χ3n) is 3.96. The van der Waals surface area contributed by atoms with E-state index in [1.54, 1.807) is 6.07 Å². The minimum absolute atomic E-state index is 0.00191. The van der Waals surface area contributed by atoms with Crippen LogP contribution in [0.15, 0.2) is 41.0 Å². The molecule has 1 saturated heterocycles. The van der Waals surface area contributed by atoms with Crippen molar-refractivity contribution in [2.75, 3.05) is 23.3 Å². The number of aromatic nitrogens is 1. The van der Waals surface area contributed by atoms with Crippen molar-refractivity contribution in [2.24, 2.45) is 0 Å². The molecule has 27 heavy (non-hydrogen) atoms. The standard InChI is InChI=1S/C18H18BrF2N3O3/c1-18(20,21)27-14-4-2-12(3-5-14)23-17(26)11-8-15(19)16(22-9-11)24-7-6-13(25)10-24/h2-5,8-9,13,25H,6-7,10H2,1H3,(H,23,26). The van der Waals surface area contributed by atoms with E-state index in [1.165, 1.54) is 30.5 Å². The SMILES string of the molecule is CC(F)(F)Oc1ccc(NC(=O)c2cnc(N3CCC(O)C3)c(Br)c2)cc1. The van der Waals surface area contributed by atoms with Crippen LogP contribution in [0.4, 0.5) is 20.3 Å². The molecule has 2 aromatic rings. The van der Waals surface area contributed by atoms with Crippen molar-refractivity contribution in [3.63, 3.8) is 0 Å². The van der Waals surface area contributed by atoms with Gasteiger partial charge in [0.25, 0.3) is 5.91 Å². The lowest BCUT2D eigenvalue weighted by molar-refractivity contribution is -0.158. The van der Waals surface area contributed by atoms with E-state index in [0.29, 0.717) is 48.0 Å². The number of amides is 1. The molecule has 1 aliphatic heterocycles. The number of aliphatic hydroxyl groups excluding tert-OH is 1. The van der Waals surface area contributed by atoms with E-state index in [2.05, 4.69) is 31.0 Å². The highest BCUT2D eigenvalue weighted by molar-refractivity contribution is 9.10. The number of aliphatic hydroxyl groups is 1. The van der Waals surface area contributed by atoms with E-state index < -0.39 is 6.11 Å². The number of ether oxygens (including phenoxy) is 1. The Morgan fingerprint density at radius 1 is 1.41 bits per heavy atom. The molecule has 6 nitrogen and oxygen atoms in total. The Balaban J connectivity index is 1.66. The van der Waals surface area contributed by atoms with E-state index in [-0.39, 0.29) is 17.8 Å². The van der Waals surface area contributed by atoms with Gasteiger partial charge in [0.15, 0.2) is 0 Å². The third kappa shape index (κ3) is 5.14. The van der Waals surface area contributed by atoms with Crippen LogP contribution >= 0.6 is 15.9 Å². The predicted octanol–water partition coefficient (Wildman–Crippen LogP) is 3.66. The lowest BCUT2D eigenvalue weighted by atomic mass is 10.2. The summed E-state index contributed by atoms with van der Waals surface area (Å²) in [5.41, 5.74) is 0.778. The summed E-state index contributed by atoms with van der Waals surface area (Å²) in [6.45, 7) is 1.85. The fourth-order valence-electron chi connectivity index (χ4n) is 2.74. The van der Waals surface area contributed by atoms with E-state index >= 15 is 0 Å². The van der Waals surface area contributed by atoms with Crippen molar-refractivity contribution in [3.05, 3.63) is 46.6 Å². The minimum atomic E-state index is -3.27. The van der Waals surface area contributed by atoms with Gasteiger partial charge in [-0.2, -0.15) is 8.78 Å². The van der Waals surface area contributed by atoms with Crippen LogP contribution in [-0.2, 0) is 0 Å². The zero-order valence-electron chi connectivity index (χ0n) is 14.5. The molecule has 1 aromatic carbocycles. The van der Waals surface area contributed by atoms with Crippen LogP contribution in [0.5, 0.6) is 5.75 Å². The number of nitrogens with zero attached hydrogens (tertiary/aromatic N) is 2. The number of anilines is 2. The highest BCUT2D eigenvalue weighted by Gasteiger charge is 2.24. The van der Waals surface area contributed by atoms with Gasteiger partial charge in [-0.25, -0.2) is 4.98 Å². The molecule has 0 saturated carbocycles. The molecule has 0 spiro atoms. The van der Waals surface area contributed by atoms with E-state index in [1.807, 2.05) is 4.90 Å². The first kappa shape index (κ1) is 19.5. The number of benzene rings is 1.